The predicted molar refractivity (Wildman–Crippen MR) is 75.1 cm³/mol. The topological polar surface area (TPSA) is 47.0 Å². The third-order valence-corrected chi connectivity index (χ3v) is 2.98. The predicted octanol–water partition coefficient (Wildman–Crippen LogP) is 2.71. The molecule has 1 N–H and O–H groups in total. The average Bonchev–Trinajstić information content (AvgIpc) is 2.49. The molecule has 0 aliphatic rings. The van der Waals surface area contributed by atoms with Gasteiger partial charge < -0.3 is 10.1 Å². The molecule has 106 valence electrons. The van der Waals surface area contributed by atoms with Crippen molar-refractivity contribution in [1.29, 1.82) is 0 Å². The minimum Gasteiger partial charge on any atom is -0.481 e. The van der Waals surface area contributed by atoms with Gasteiger partial charge in [0, 0.05) is 11.6 Å². The highest BCUT2D eigenvalue weighted by molar-refractivity contribution is 5.30. The van der Waals surface area contributed by atoms with Gasteiger partial charge in [-0.1, -0.05) is 25.1 Å². The lowest BCUT2D eigenvalue weighted by Crippen LogP contribution is -2.25. The van der Waals surface area contributed by atoms with E-state index in [0.29, 0.717) is 17.1 Å². The molecule has 0 radical (unpaired) electrons. The lowest BCUT2D eigenvalue weighted by molar-refractivity contribution is 0.394. The molecule has 0 fully saturated rings. The van der Waals surface area contributed by atoms with Gasteiger partial charge in [-0.3, -0.25) is 0 Å². The molecule has 0 amide bonds. The van der Waals surface area contributed by atoms with Crippen LogP contribution in [0, 0.1) is 5.82 Å². The van der Waals surface area contributed by atoms with E-state index in [2.05, 4.69) is 22.2 Å². The van der Waals surface area contributed by atoms with Gasteiger partial charge in [0.2, 0.25) is 5.88 Å². The molecule has 0 spiro atoms. The van der Waals surface area contributed by atoms with Crippen LogP contribution >= 0.6 is 0 Å². The molecule has 1 aromatic carbocycles. The van der Waals surface area contributed by atoms with Gasteiger partial charge in [0.25, 0.3) is 0 Å². The number of methoxy groups -OCH3 is 1. The molecule has 1 atom stereocenters. The van der Waals surface area contributed by atoms with Crippen molar-refractivity contribution >= 4 is 0 Å². The van der Waals surface area contributed by atoms with Crippen LogP contribution in [0.15, 0.2) is 36.7 Å². The first-order valence-corrected chi connectivity index (χ1v) is 6.60. The van der Waals surface area contributed by atoms with Crippen molar-refractivity contribution in [2.24, 2.45) is 0 Å². The second-order valence-corrected chi connectivity index (χ2v) is 4.39. The first kappa shape index (κ1) is 14.4. The summed E-state index contributed by atoms with van der Waals surface area (Å²) in [7, 11) is 1.55. The standard InChI is InChI=1S/C15H18FN3O/c1-3-8-17-15(11-6-4-5-7-12(11)16)13-9-14(20-2)19-10-18-13/h4-7,9-10,15,17H,3,8H2,1-2H3. The second kappa shape index (κ2) is 6.96. The molecule has 0 aliphatic heterocycles. The number of aromatic nitrogens is 2. The lowest BCUT2D eigenvalue weighted by atomic mass is 10.0. The SMILES string of the molecule is CCCNC(c1cc(OC)ncn1)c1ccccc1F. The number of hydrogen-bond acceptors (Lipinski definition) is 4. The highest BCUT2D eigenvalue weighted by Gasteiger charge is 2.19. The first-order valence-electron chi connectivity index (χ1n) is 6.60. The molecule has 0 saturated heterocycles. The summed E-state index contributed by atoms with van der Waals surface area (Å²) >= 11 is 0. The molecule has 0 bridgehead atoms. The maximum absolute atomic E-state index is 14.0. The zero-order valence-corrected chi connectivity index (χ0v) is 11.6. The molecule has 0 aliphatic carbocycles. The first-order chi connectivity index (χ1) is 9.76. The molecule has 1 aromatic heterocycles. The Bertz CT molecular complexity index is 562. The monoisotopic (exact) mass is 275 g/mol. The van der Waals surface area contributed by atoms with Gasteiger partial charge in [0.05, 0.1) is 18.8 Å². The fraction of sp³-hybridized carbons (Fsp3) is 0.333. The molecular weight excluding hydrogens is 257 g/mol. The van der Waals surface area contributed by atoms with E-state index in [9.17, 15) is 4.39 Å². The highest BCUT2D eigenvalue weighted by atomic mass is 19.1. The Morgan fingerprint density at radius 1 is 1.30 bits per heavy atom. The minimum absolute atomic E-state index is 0.251. The van der Waals surface area contributed by atoms with E-state index in [4.69, 9.17) is 4.74 Å². The Balaban J connectivity index is 2.38. The van der Waals surface area contributed by atoms with Gasteiger partial charge in [-0.25, -0.2) is 14.4 Å². The van der Waals surface area contributed by atoms with Gasteiger partial charge in [0.15, 0.2) is 0 Å². The Hall–Kier alpha value is -2.01. The molecule has 4 nitrogen and oxygen atoms in total. The van der Waals surface area contributed by atoms with Crippen molar-refractivity contribution in [3.05, 3.63) is 53.7 Å². The van der Waals surface area contributed by atoms with Crippen molar-refractivity contribution in [3.63, 3.8) is 0 Å². The van der Waals surface area contributed by atoms with Gasteiger partial charge in [-0.05, 0) is 19.0 Å². The normalized spacial score (nSPS) is 12.2. The molecule has 1 unspecified atom stereocenters. The molecule has 5 heteroatoms. The highest BCUT2D eigenvalue weighted by Crippen LogP contribution is 2.24. The van der Waals surface area contributed by atoms with Crippen LogP contribution in [0.2, 0.25) is 0 Å². The van der Waals surface area contributed by atoms with Gasteiger partial charge in [-0.15, -0.1) is 0 Å². The van der Waals surface area contributed by atoms with Crippen LogP contribution in [0.25, 0.3) is 0 Å². The smallest absolute Gasteiger partial charge is 0.216 e. The Morgan fingerprint density at radius 2 is 2.10 bits per heavy atom. The van der Waals surface area contributed by atoms with Crippen LogP contribution < -0.4 is 10.1 Å². The third kappa shape index (κ3) is 3.30. The van der Waals surface area contributed by atoms with Gasteiger partial charge >= 0.3 is 0 Å². The molecular formula is C15H18FN3O. The summed E-state index contributed by atoms with van der Waals surface area (Å²) in [5, 5.41) is 3.31. The Labute approximate surface area is 118 Å². The second-order valence-electron chi connectivity index (χ2n) is 4.39. The van der Waals surface area contributed by atoms with Crippen molar-refractivity contribution in [1.82, 2.24) is 15.3 Å². The molecule has 20 heavy (non-hydrogen) atoms. The van der Waals surface area contributed by atoms with E-state index in [1.165, 1.54) is 12.4 Å². The summed E-state index contributed by atoms with van der Waals surface area (Å²) in [6.45, 7) is 2.83. The molecule has 1 heterocycles. The van der Waals surface area contributed by atoms with E-state index >= 15 is 0 Å². The van der Waals surface area contributed by atoms with Crippen LogP contribution in [0.5, 0.6) is 5.88 Å². The van der Waals surface area contributed by atoms with Crippen LogP contribution in [0.4, 0.5) is 4.39 Å². The summed E-state index contributed by atoms with van der Waals surface area (Å²) in [5.41, 5.74) is 1.26. The zero-order valence-electron chi connectivity index (χ0n) is 11.6. The maximum Gasteiger partial charge on any atom is 0.216 e. The lowest BCUT2D eigenvalue weighted by Gasteiger charge is -2.19. The zero-order chi connectivity index (χ0) is 14.4. The minimum atomic E-state index is -0.312. The van der Waals surface area contributed by atoms with Crippen LogP contribution in [0.3, 0.4) is 0 Å². The van der Waals surface area contributed by atoms with E-state index in [-0.39, 0.29) is 11.9 Å². The van der Waals surface area contributed by atoms with E-state index in [1.807, 2.05) is 6.07 Å². The number of benzene rings is 1. The molecule has 2 rings (SSSR count). The largest absolute Gasteiger partial charge is 0.481 e. The van der Waals surface area contributed by atoms with Crippen molar-refractivity contribution in [2.45, 2.75) is 19.4 Å². The number of hydrogen-bond donors (Lipinski definition) is 1. The maximum atomic E-state index is 14.0. The number of nitrogens with zero attached hydrogens (tertiary/aromatic N) is 2. The fourth-order valence-electron chi connectivity index (χ4n) is 1.99. The van der Waals surface area contributed by atoms with Crippen LogP contribution in [0.1, 0.15) is 30.6 Å². The summed E-state index contributed by atoms with van der Waals surface area (Å²) < 4.78 is 19.1. The van der Waals surface area contributed by atoms with Crippen molar-refractivity contribution in [3.8, 4) is 5.88 Å². The van der Waals surface area contributed by atoms with E-state index in [1.54, 1.807) is 25.3 Å². The average molecular weight is 275 g/mol. The van der Waals surface area contributed by atoms with Gasteiger partial charge in [-0.2, -0.15) is 0 Å². The van der Waals surface area contributed by atoms with Crippen LogP contribution in [-0.2, 0) is 0 Å². The number of nitrogens with one attached hydrogen (secondary N) is 1. The third-order valence-electron chi connectivity index (χ3n) is 2.98. The summed E-state index contributed by atoms with van der Waals surface area (Å²) in [4.78, 5) is 8.22. The fourth-order valence-corrected chi connectivity index (χ4v) is 1.99. The molecule has 2 aromatic rings. The van der Waals surface area contributed by atoms with Crippen molar-refractivity contribution < 1.29 is 9.13 Å². The number of ether oxygens (including phenoxy) is 1. The van der Waals surface area contributed by atoms with E-state index < -0.39 is 0 Å². The van der Waals surface area contributed by atoms with Gasteiger partial charge in [0.1, 0.15) is 12.1 Å². The summed E-state index contributed by atoms with van der Waals surface area (Å²) in [6.07, 6.45) is 2.38. The van der Waals surface area contributed by atoms with Crippen molar-refractivity contribution in [2.75, 3.05) is 13.7 Å². The number of halogens is 1. The number of rotatable bonds is 6. The Morgan fingerprint density at radius 3 is 2.80 bits per heavy atom. The quantitative estimate of drug-likeness (QED) is 0.880. The van der Waals surface area contributed by atoms with E-state index in [0.717, 1.165) is 13.0 Å². The Kier molecular flexibility index (Phi) is 5.01. The molecule has 0 saturated carbocycles. The summed E-state index contributed by atoms with van der Waals surface area (Å²) in [5.74, 6) is 0.216. The van der Waals surface area contributed by atoms with Crippen LogP contribution in [-0.4, -0.2) is 23.6 Å². The summed E-state index contributed by atoms with van der Waals surface area (Å²) in [6, 6.07) is 8.12.